The summed E-state index contributed by atoms with van der Waals surface area (Å²) in [6.45, 7) is 1.08. The number of ether oxygens (including phenoxy) is 4. The van der Waals surface area contributed by atoms with Crippen molar-refractivity contribution in [2.75, 3.05) is 7.11 Å². The molecule has 0 bridgehead atoms. The Bertz CT molecular complexity index is 729. The summed E-state index contributed by atoms with van der Waals surface area (Å²) >= 11 is 0. The fourth-order valence-corrected chi connectivity index (χ4v) is 4.73. The number of hydrogen-bond donors (Lipinski definition) is 0. The highest BCUT2D eigenvalue weighted by Gasteiger charge is 2.47. The number of hydrogen-bond acceptors (Lipinski definition) is 4. The van der Waals surface area contributed by atoms with Crippen LogP contribution in [0.4, 0.5) is 0 Å². The second-order valence-corrected chi connectivity index (χ2v) is 8.54. The average molecular weight is 411 g/mol. The first-order valence-corrected chi connectivity index (χ1v) is 11.3. The van der Waals surface area contributed by atoms with E-state index < -0.39 is 6.29 Å². The average Bonchev–Trinajstić information content (AvgIpc) is 3.14. The Morgan fingerprint density at radius 2 is 1.33 bits per heavy atom. The van der Waals surface area contributed by atoms with Gasteiger partial charge in [-0.3, -0.25) is 0 Å². The van der Waals surface area contributed by atoms with Crippen LogP contribution in [0.15, 0.2) is 60.7 Å². The van der Waals surface area contributed by atoms with E-state index in [1.165, 1.54) is 32.1 Å². The largest absolute Gasteiger partial charge is 0.368 e. The molecule has 0 spiro atoms. The molecule has 1 saturated carbocycles. The van der Waals surface area contributed by atoms with E-state index in [0.29, 0.717) is 19.1 Å². The summed E-state index contributed by atoms with van der Waals surface area (Å²) in [7, 11) is 1.70. The standard InChI is InChI=1S/C26H34O4/c1-27-26-25(29-19-22-15-9-4-10-16-22)24(28-18-21-13-7-3-8-14-21)23(30-26)17-20-11-5-2-6-12-20/h3-4,7-10,13-16,20,23-26H,2,5-6,11-12,17-19H2,1H3/t23-,24-,25-,26-/m1/s1. The van der Waals surface area contributed by atoms with Crippen LogP contribution in [-0.2, 0) is 32.2 Å². The zero-order valence-electron chi connectivity index (χ0n) is 18.0. The Hall–Kier alpha value is -1.72. The van der Waals surface area contributed by atoms with Gasteiger partial charge in [-0.15, -0.1) is 0 Å². The quantitative estimate of drug-likeness (QED) is 0.547. The normalized spacial score (nSPS) is 27.4. The van der Waals surface area contributed by atoms with Crippen molar-refractivity contribution in [3.8, 4) is 0 Å². The molecule has 4 heteroatoms. The van der Waals surface area contributed by atoms with Crippen LogP contribution in [0.25, 0.3) is 0 Å². The molecule has 1 aliphatic heterocycles. The van der Waals surface area contributed by atoms with Gasteiger partial charge < -0.3 is 18.9 Å². The molecule has 4 nitrogen and oxygen atoms in total. The second kappa shape index (κ2) is 11.1. The maximum atomic E-state index is 6.45. The lowest BCUT2D eigenvalue weighted by Crippen LogP contribution is -2.38. The van der Waals surface area contributed by atoms with Crippen LogP contribution < -0.4 is 0 Å². The molecule has 0 aromatic heterocycles. The van der Waals surface area contributed by atoms with Crippen molar-refractivity contribution in [2.45, 2.75) is 76.3 Å². The lowest BCUT2D eigenvalue weighted by molar-refractivity contribution is -0.167. The van der Waals surface area contributed by atoms with Gasteiger partial charge in [-0.2, -0.15) is 0 Å². The first-order chi connectivity index (χ1) is 14.8. The lowest BCUT2D eigenvalue weighted by atomic mass is 9.84. The van der Waals surface area contributed by atoms with Gasteiger partial charge in [-0.05, 0) is 23.5 Å². The highest BCUT2D eigenvalue weighted by Crippen LogP contribution is 2.36. The van der Waals surface area contributed by atoms with Crippen LogP contribution in [0.2, 0.25) is 0 Å². The van der Waals surface area contributed by atoms with Gasteiger partial charge in [0.05, 0.1) is 19.3 Å². The molecular formula is C26H34O4. The van der Waals surface area contributed by atoms with Crippen molar-refractivity contribution in [1.29, 1.82) is 0 Å². The predicted octanol–water partition coefficient (Wildman–Crippen LogP) is 5.50. The molecule has 0 unspecified atom stereocenters. The Morgan fingerprint density at radius 1 is 0.767 bits per heavy atom. The minimum atomic E-state index is -0.400. The van der Waals surface area contributed by atoms with Crippen LogP contribution in [-0.4, -0.2) is 31.7 Å². The van der Waals surface area contributed by atoms with E-state index in [-0.39, 0.29) is 18.3 Å². The molecule has 2 aliphatic rings. The highest BCUT2D eigenvalue weighted by atomic mass is 16.7. The van der Waals surface area contributed by atoms with Crippen LogP contribution >= 0.6 is 0 Å². The van der Waals surface area contributed by atoms with Gasteiger partial charge in [-0.25, -0.2) is 0 Å². The number of benzene rings is 2. The molecule has 30 heavy (non-hydrogen) atoms. The summed E-state index contributed by atoms with van der Waals surface area (Å²) in [6, 6.07) is 20.6. The third-order valence-electron chi connectivity index (χ3n) is 6.36. The molecule has 0 amide bonds. The summed E-state index contributed by atoms with van der Waals surface area (Å²) in [6.07, 6.45) is 6.84. The van der Waals surface area contributed by atoms with E-state index in [2.05, 4.69) is 24.3 Å². The van der Waals surface area contributed by atoms with Crippen molar-refractivity contribution >= 4 is 0 Å². The molecular weight excluding hydrogens is 376 g/mol. The van der Waals surface area contributed by atoms with Gasteiger partial charge >= 0.3 is 0 Å². The maximum absolute atomic E-state index is 6.45. The summed E-state index contributed by atoms with van der Waals surface area (Å²) in [4.78, 5) is 0. The summed E-state index contributed by atoms with van der Waals surface area (Å²) in [5.74, 6) is 0.706. The molecule has 0 N–H and O–H groups in total. The minimum Gasteiger partial charge on any atom is -0.368 e. The van der Waals surface area contributed by atoms with Crippen LogP contribution in [0.3, 0.4) is 0 Å². The zero-order chi connectivity index (χ0) is 20.6. The van der Waals surface area contributed by atoms with Gasteiger partial charge in [0.1, 0.15) is 12.2 Å². The Morgan fingerprint density at radius 3 is 1.90 bits per heavy atom. The summed E-state index contributed by atoms with van der Waals surface area (Å²) in [5.41, 5.74) is 2.31. The smallest absolute Gasteiger partial charge is 0.186 e. The van der Waals surface area contributed by atoms with E-state index in [1.807, 2.05) is 36.4 Å². The summed E-state index contributed by atoms with van der Waals surface area (Å²) < 4.78 is 24.8. The van der Waals surface area contributed by atoms with Crippen molar-refractivity contribution in [3.63, 3.8) is 0 Å². The van der Waals surface area contributed by atoms with E-state index in [0.717, 1.165) is 17.5 Å². The molecule has 4 atom stereocenters. The van der Waals surface area contributed by atoms with E-state index >= 15 is 0 Å². The van der Waals surface area contributed by atoms with Gasteiger partial charge in [0.15, 0.2) is 6.29 Å². The maximum Gasteiger partial charge on any atom is 0.186 e. The minimum absolute atomic E-state index is 0.00235. The zero-order valence-corrected chi connectivity index (χ0v) is 18.0. The monoisotopic (exact) mass is 410 g/mol. The molecule has 2 fully saturated rings. The number of methoxy groups -OCH3 is 1. The molecule has 1 aliphatic carbocycles. The highest BCUT2D eigenvalue weighted by molar-refractivity contribution is 5.14. The van der Waals surface area contributed by atoms with Crippen molar-refractivity contribution in [3.05, 3.63) is 71.8 Å². The first-order valence-electron chi connectivity index (χ1n) is 11.3. The molecule has 4 rings (SSSR count). The molecule has 162 valence electrons. The summed E-state index contributed by atoms with van der Waals surface area (Å²) in [5, 5.41) is 0. The van der Waals surface area contributed by atoms with Crippen molar-refractivity contribution < 1.29 is 18.9 Å². The SMILES string of the molecule is CO[C@@H]1O[C@H](CC2CCCCC2)[C@@H](OCc2ccccc2)[C@H]1OCc1ccccc1. The molecule has 1 heterocycles. The second-order valence-electron chi connectivity index (χ2n) is 8.54. The molecule has 0 radical (unpaired) electrons. The van der Waals surface area contributed by atoms with E-state index in [4.69, 9.17) is 18.9 Å². The first kappa shape index (κ1) is 21.5. The van der Waals surface area contributed by atoms with Gasteiger partial charge in [0.2, 0.25) is 0 Å². The Balaban J connectivity index is 1.46. The van der Waals surface area contributed by atoms with E-state index in [1.54, 1.807) is 7.11 Å². The van der Waals surface area contributed by atoms with Gasteiger partial charge in [0.25, 0.3) is 0 Å². The third-order valence-corrected chi connectivity index (χ3v) is 6.36. The fourth-order valence-electron chi connectivity index (χ4n) is 4.73. The fraction of sp³-hybridized carbons (Fsp3) is 0.538. The lowest BCUT2D eigenvalue weighted by Gasteiger charge is -2.28. The van der Waals surface area contributed by atoms with E-state index in [9.17, 15) is 0 Å². The molecule has 1 saturated heterocycles. The van der Waals surface area contributed by atoms with Crippen LogP contribution in [0.5, 0.6) is 0 Å². The van der Waals surface area contributed by atoms with Gasteiger partial charge in [0, 0.05) is 7.11 Å². The van der Waals surface area contributed by atoms with Crippen LogP contribution in [0, 0.1) is 5.92 Å². The Kier molecular flexibility index (Phi) is 7.93. The molecule has 2 aromatic rings. The number of rotatable bonds is 9. The molecule has 2 aromatic carbocycles. The predicted molar refractivity (Wildman–Crippen MR) is 117 cm³/mol. The third kappa shape index (κ3) is 5.70. The van der Waals surface area contributed by atoms with Crippen LogP contribution in [0.1, 0.15) is 49.7 Å². The van der Waals surface area contributed by atoms with Gasteiger partial charge in [-0.1, -0.05) is 92.8 Å². The van der Waals surface area contributed by atoms with Crippen molar-refractivity contribution in [2.24, 2.45) is 5.92 Å². The Labute approximate surface area is 180 Å². The van der Waals surface area contributed by atoms with Crippen molar-refractivity contribution in [1.82, 2.24) is 0 Å². The topological polar surface area (TPSA) is 36.9 Å².